The summed E-state index contributed by atoms with van der Waals surface area (Å²) >= 11 is 0. The van der Waals surface area contributed by atoms with Crippen molar-refractivity contribution in [3.63, 3.8) is 0 Å². The number of carbonyl (C=O) groups is 2. The molecule has 0 saturated carbocycles. The Hall–Kier alpha value is -4.34. The fourth-order valence-corrected chi connectivity index (χ4v) is 3.84. The van der Waals surface area contributed by atoms with E-state index in [4.69, 9.17) is 4.52 Å². The lowest BCUT2D eigenvalue weighted by Crippen LogP contribution is -2.29. The fourth-order valence-electron chi connectivity index (χ4n) is 3.84. The van der Waals surface area contributed by atoms with Gasteiger partial charge in [0.25, 0.3) is 11.8 Å². The fraction of sp³-hybridized carbons (Fsp3) is 0.217. The molecule has 0 aliphatic carbocycles. The molecule has 0 spiro atoms. The number of benzene rings is 2. The third kappa shape index (κ3) is 4.36. The van der Waals surface area contributed by atoms with Gasteiger partial charge in [-0.1, -0.05) is 46.8 Å². The molecule has 0 radical (unpaired) electrons. The second-order valence-corrected chi connectivity index (χ2v) is 7.83. The van der Waals surface area contributed by atoms with E-state index in [1.54, 1.807) is 40.0 Å². The molecule has 1 aliphatic heterocycles. The second-order valence-electron chi connectivity index (χ2n) is 7.83. The number of anilines is 1. The normalized spacial score (nSPS) is 15.5. The van der Waals surface area contributed by atoms with Gasteiger partial charge in [-0.2, -0.15) is 4.98 Å². The number of rotatable bonds is 5. The summed E-state index contributed by atoms with van der Waals surface area (Å²) in [5, 5.41) is 15.1. The van der Waals surface area contributed by atoms with Crippen molar-refractivity contribution in [3.05, 3.63) is 66.4 Å². The van der Waals surface area contributed by atoms with Gasteiger partial charge in [0.1, 0.15) is 0 Å². The lowest BCUT2D eigenvalue weighted by atomic mass is 10.1. The number of amides is 2. The summed E-state index contributed by atoms with van der Waals surface area (Å²) in [6.45, 7) is 2.54. The molecule has 33 heavy (non-hydrogen) atoms. The SMILES string of the molecule is CC(=O)Nc1cccc(C(=O)N2CCC(n3cc(-c4nc(-c5ccccc5)no4)nn3)C2)c1. The molecule has 10 heteroatoms. The molecule has 2 amide bonds. The van der Waals surface area contributed by atoms with Gasteiger partial charge in [-0.25, -0.2) is 4.68 Å². The van der Waals surface area contributed by atoms with E-state index >= 15 is 0 Å². The molecule has 1 fully saturated rings. The lowest BCUT2D eigenvalue weighted by Gasteiger charge is -2.17. The largest absolute Gasteiger partial charge is 0.336 e. The molecule has 1 unspecified atom stereocenters. The predicted octanol–water partition coefficient (Wildman–Crippen LogP) is 3.04. The lowest BCUT2D eigenvalue weighted by molar-refractivity contribution is -0.114. The van der Waals surface area contributed by atoms with Crippen LogP contribution in [0.2, 0.25) is 0 Å². The minimum atomic E-state index is -0.181. The van der Waals surface area contributed by atoms with Crippen LogP contribution >= 0.6 is 0 Å². The minimum Gasteiger partial charge on any atom is -0.336 e. The molecule has 2 aromatic carbocycles. The third-order valence-corrected chi connectivity index (χ3v) is 5.44. The number of nitrogens with zero attached hydrogens (tertiary/aromatic N) is 6. The van der Waals surface area contributed by atoms with Gasteiger partial charge in [-0.3, -0.25) is 9.59 Å². The Balaban J connectivity index is 1.27. The van der Waals surface area contributed by atoms with E-state index in [1.165, 1.54) is 6.92 Å². The van der Waals surface area contributed by atoms with Crippen molar-refractivity contribution in [2.75, 3.05) is 18.4 Å². The summed E-state index contributed by atoms with van der Waals surface area (Å²) < 4.78 is 7.10. The summed E-state index contributed by atoms with van der Waals surface area (Å²) in [6.07, 6.45) is 2.51. The van der Waals surface area contributed by atoms with Crippen LogP contribution in [0.1, 0.15) is 29.7 Å². The van der Waals surface area contributed by atoms with Crippen LogP contribution in [0.15, 0.2) is 65.3 Å². The van der Waals surface area contributed by atoms with Crippen molar-refractivity contribution < 1.29 is 14.1 Å². The van der Waals surface area contributed by atoms with Crippen LogP contribution in [-0.4, -0.2) is 54.9 Å². The molecule has 1 saturated heterocycles. The third-order valence-electron chi connectivity index (χ3n) is 5.44. The molecule has 4 aromatic rings. The zero-order valence-corrected chi connectivity index (χ0v) is 17.9. The first kappa shape index (κ1) is 20.6. The first-order valence-corrected chi connectivity index (χ1v) is 10.5. The molecule has 1 N–H and O–H groups in total. The van der Waals surface area contributed by atoms with Crippen LogP contribution in [0, 0.1) is 0 Å². The first-order valence-electron chi connectivity index (χ1n) is 10.5. The first-order chi connectivity index (χ1) is 16.1. The zero-order chi connectivity index (χ0) is 22.8. The summed E-state index contributed by atoms with van der Waals surface area (Å²) in [5.41, 5.74) is 2.46. The molecule has 166 valence electrons. The van der Waals surface area contributed by atoms with Gasteiger partial charge in [-0.05, 0) is 24.6 Å². The van der Waals surface area contributed by atoms with Crippen molar-refractivity contribution in [2.24, 2.45) is 0 Å². The van der Waals surface area contributed by atoms with E-state index in [0.29, 0.717) is 41.7 Å². The Morgan fingerprint density at radius 1 is 1.12 bits per heavy atom. The molecular weight excluding hydrogens is 422 g/mol. The standard InChI is InChI=1S/C23H21N7O3/c1-15(31)24-18-9-5-8-17(12-18)23(32)29-11-10-19(13-29)30-14-20(26-28-30)22-25-21(27-33-22)16-6-3-2-4-7-16/h2-9,12,14,19H,10-11,13H2,1H3,(H,24,31). The summed E-state index contributed by atoms with van der Waals surface area (Å²) in [5.74, 6) is 0.509. The van der Waals surface area contributed by atoms with Crippen molar-refractivity contribution in [3.8, 4) is 23.0 Å². The molecule has 0 bridgehead atoms. The van der Waals surface area contributed by atoms with Gasteiger partial charge in [0.2, 0.25) is 11.7 Å². The maximum atomic E-state index is 13.0. The van der Waals surface area contributed by atoms with Gasteiger partial charge < -0.3 is 14.7 Å². The second kappa shape index (κ2) is 8.65. The van der Waals surface area contributed by atoms with E-state index in [-0.39, 0.29) is 17.9 Å². The van der Waals surface area contributed by atoms with Crippen LogP contribution in [0.25, 0.3) is 23.0 Å². The minimum absolute atomic E-state index is 0.00903. The molecule has 2 aromatic heterocycles. The van der Waals surface area contributed by atoms with Gasteiger partial charge in [0, 0.05) is 36.8 Å². The van der Waals surface area contributed by atoms with E-state index in [9.17, 15) is 9.59 Å². The van der Waals surface area contributed by atoms with E-state index in [2.05, 4.69) is 25.8 Å². The van der Waals surface area contributed by atoms with Gasteiger partial charge >= 0.3 is 0 Å². The average Bonchev–Trinajstić information content (AvgIpc) is 3.59. The number of nitrogens with one attached hydrogen (secondary N) is 1. The zero-order valence-electron chi connectivity index (χ0n) is 17.9. The van der Waals surface area contributed by atoms with Crippen molar-refractivity contribution in [1.29, 1.82) is 0 Å². The molecule has 5 rings (SSSR count). The van der Waals surface area contributed by atoms with Crippen LogP contribution in [-0.2, 0) is 4.79 Å². The van der Waals surface area contributed by atoms with Crippen LogP contribution in [0.3, 0.4) is 0 Å². The molecule has 1 aliphatic rings. The van der Waals surface area contributed by atoms with Crippen molar-refractivity contribution in [1.82, 2.24) is 30.0 Å². The number of hydrogen-bond acceptors (Lipinski definition) is 7. The Morgan fingerprint density at radius 2 is 1.97 bits per heavy atom. The van der Waals surface area contributed by atoms with Crippen LogP contribution in [0.5, 0.6) is 0 Å². The number of aromatic nitrogens is 5. The topological polar surface area (TPSA) is 119 Å². The Kier molecular flexibility index (Phi) is 5.39. The molecule has 1 atom stereocenters. The number of carbonyl (C=O) groups excluding carboxylic acids is 2. The average molecular weight is 443 g/mol. The quantitative estimate of drug-likeness (QED) is 0.503. The van der Waals surface area contributed by atoms with Crippen molar-refractivity contribution in [2.45, 2.75) is 19.4 Å². The van der Waals surface area contributed by atoms with Gasteiger partial charge in [0.15, 0.2) is 5.69 Å². The number of hydrogen-bond donors (Lipinski definition) is 1. The Morgan fingerprint density at radius 3 is 2.79 bits per heavy atom. The highest BCUT2D eigenvalue weighted by Crippen LogP contribution is 2.26. The molecular formula is C23H21N7O3. The highest BCUT2D eigenvalue weighted by Gasteiger charge is 2.29. The summed E-state index contributed by atoms with van der Waals surface area (Å²) in [7, 11) is 0. The highest BCUT2D eigenvalue weighted by atomic mass is 16.5. The molecule has 10 nitrogen and oxygen atoms in total. The van der Waals surface area contributed by atoms with E-state index in [1.807, 2.05) is 30.3 Å². The maximum Gasteiger partial charge on any atom is 0.280 e. The van der Waals surface area contributed by atoms with Crippen LogP contribution < -0.4 is 5.32 Å². The summed E-state index contributed by atoms with van der Waals surface area (Å²) in [4.78, 5) is 30.4. The van der Waals surface area contributed by atoms with Crippen LogP contribution in [0.4, 0.5) is 5.69 Å². The Bertz CT molecular complexity index is 1300. The monoisotopic (exact) mass is 443 g/mol. The van der Waals surface area contributed by atoms with E-state index < -0.39 is 0 Å². The molecule has 3 heterocycles. The van der Waals surface area contributed by atoms with Crippen molar-refractivity contribution >= 4 is 17.5 Å². The smallest absolute Gasteiger partial charge is 0.280 e. The maximum absolute atomic E-state index is 13.0. The summed E-state index contributed by atoms with van der Waals surface area (Å²) in [6, 6.07) is 16.5. The highest BCUT2D eigenvalue weighted by molar-refractivity contribution is 5.97. The van der Waals surface area contributed by atoms with Gasteiger partial charge in [-0.15, -0.1) is 5.10 Å². The van der Waals surface area contributed by atoms with Gasteiger partial charge in [0.05, 0.1) is 12.2 Å². The number of likely N-dealkylation sites (tertiary alicyclic amines) is 1. The van der Waals surface area contributed by atoms with E-state index in [0.717, 1.165) is 12.0 Å². The Labute approximate surface area is 189 Å². The predicted molar refractivity (Wildman–Crippen MR) is 119 cm³/mol.